The van der Waals surface area contributed by atoms with Gasteiger partial charge in [0.2, 0.25) is 3.79 Å². The summed E-state index contributed by atoms with van der Waals surface area (Å²) in [6.45, 7) is 1.81. The van der Waals surface area contributed by atoms with Gasteiger partial charge in [-0.05, 0) is 18.6 Å². The van der Waals surface area contributed by atoms with Gasteiger partial charge in [0.15, 0.2) is 0 Å². The minimum Gasteiger partial charge on any atom is -0.259 e. The van der Waals surface area contributed by atoms with Gasteiger partial charge >= 0.3 is 0 Å². The van der Waals surface area contributed by atoms with Crippen molar-refractivity contribution in [2.45, 2.75) is 16.0 Å². The van der Waals surface area contributed by atoms with Gasteiger partial charge < -0.3 is 0 Å². The minimum atomic E-state index is -1.58. The molecule has 6 heteroatoms. The Hall–Kier alpha value is 0.170. The molecule has 1 aromatic rings. The van der Waals surface area contributed by atoms with Gasteiger partial charge in [0.1, 0.15) is 0 Å². The summed E-state index contributed by atoms with van der Waals surface area (Å²) in [5.74, 6) is 0. The van der Waals surface area contributed by atoms with Crippen molar-refractivity contribution in [1.82, 2.24) is 4.98 Å². The highest BCUT2D eigenvalue weighted by molar-refractivity contribution is 7.84. The van der Waals surface area contributed by atoms with Crippen molar-refractivity contribution in [3.8, 4) is 0 Å². The summed E-state index contributed by atoms with van der Waals surface area (Å²) in [6, 6.07) is 3.51. The van der Waals surface area contributed by atoms with Crippen LogP contribution in [0.4, 0.5) is 0 Å². The Morgan fingerprint density at radius 2 is 2.07 bits per heavy atom. The van der Waals surface area contributed by atoms with Crippen molar-refractivity contribution in [3.63, 3.8) is 0 Å². The second kappa shape index (κ2) is 5.00. The predicted molar refractivity (Wildman–Crippen MR) is 66.0 cm³/mol. The Labute approximate surface area is 106 Å². The molecule has 1 heterocycles. The van der Waals surface area contributed by atoms with Crippen LogP contribution in [0.3, 0.4) is 0 Å². The van der Waals surface area contributed by atoms with Crippen LogP contribution in [0.1, 0.15) is 23.4 Å². The Balaban J connectivity index is 3.24. The third-order valence-corrected chi connectivity index (χ3v) is 3.83. The van der Waals surface area contributed by atoms with Crippen molar-refractivity contribution in [1.29, 1.82) is 0 Å². The molecule has 0 aromatic carbocycles. The van der Waals surface area contributed by atoms with Gasteiger partial charge in [-0.3, -0.25) is 9.19 Å². The maximum Gasteiger partial charge on any atom is 0.232 e. The molecule has 0 fully saturated rings. The number of nitrogens with zero attached hydrogens (tertiary/aromatic N) is 1. The van der Waals surface area contributed by atoms with Crippen molar-refractivity contribution < 1.29 is 4.21 Å². The molecule has 0 aliphatic rings. The van der Waals surface area contributed by atoms with Gasteiger partial charge in [0.25, 0.3) is 0 Å². The number of hydrogen-bond acceptors (Lipinski definition) is 2. The number of alkyl halides is 3. The lowest BCUT2D eigenvalue weighted by Gasteiger charge is -2.18. The number of pyridine rings is 1. The van der Waals surface area contributed by atoms with E-state index >= 15 is 0 Å². The topological polar surface area (TPSA) is 30.0 Å². The highest BCUT2D eigenvalue weighted by Gasteiger charge is 2.30. The third-order valence-electron chi connectivity index (χ3n) is 2.04. The van der Waals surface area contributed by atoms with Gasteiger partial charge in [-0.15, -0.1) is 0 Å². The van der Waals surface area contributed by atoms with Gasteiger partial charge in [0, 0.05) is 23.3 Å². The first-order chi connectivity index (χ1) is 6.84. The van der Waals surface area contributed by atoms with Crippen LogP contribution in [-0.2, 0) is 14.6 Å². The van der Waals surface area contributed by atoms with Crippen LogP contribution in [0.25, 0.3) is 0 Å². The Morgan fingerprint density at radius 3 is 2.53 bits per heavy atom. The zero-order valence-electron chi connectivity index (χ0n) is 8.21. The number of hydrogen-bond donors (Lipinski definition) is 0. The van der Waals surface area contributed by atoms with Gasteiger partial charge in [-0.1, -0.05) is 40.9 Å². The molecule has 0 bridgehead atoms. The lowest BCUT2D eigenvalue weighted by molar-refractivity contribution is 0.679. The third kappa shape index (κ3) is 3.31. The highest BCUT2D eigenvalue weighted by Crippen LogP contribution is 2.40. The Morgan fingerprint density at radius 1 is 1.47 bits per heavy atom. The van der Waals surface area contributed by atoms with E-state index in [1.54, 1.807) is 24.6 Å². The van der Waals surface area contributed by atoms with E-state index in [-0.39, 0.29) is 5.25 Å². The fourth-order valence-corrected chi connectivity index (χ4v) is 2.18. The highest BCUT2D eigenvalue weighted by atomic mass is 35.6. The van der Waals surface area contributed by atoms with Crippen molar-refractivity contribution in [3.05, 3.63) is 29.6 Å². The summed E-state index contributed by atoms with van der Waals surface area (Å²) in [5, 5.41) is -0.204. The van der Waals surface area contributed by atoms with Crippen LogP contribution in [0, 0.1) is 0 Å². The number of rotatable bonds is 2. The van der Waals surface area contributed by atoms with Crippen LogP contribution in [0.2, 0.25) is 0 Å². The largest absolute Gasteiger partial charge is 0.259 e. The van der Waals surface area contributed by atoms with Crippen molar-refractivity contribution >= 4 is 45.6 Å². The normalized spacial score (nSPS) is 16.1. The average Bonchev–Trinajstić information content (AvgIpc) is 2.15. The first-order valence-corrected chi connectivity index (χ1v) is 6.94. The summed E-state index contributed by atoms with van der Waals surface area (Å²) < 4.78 is 9.80. The van der Waals surface area contributed by atoms with Gasteiger partial charge in [-0.2, -0.15) is 0 Å². The van der Waals surface area contributed by atoms with Crippen molar-refractivity contribution in [2.75, 3.05) is 6.26 Å². The summed E-state index contributed by atoms with van der Waals surface area (Å²) in [6.07, 6.45) is 3.16. The van der Waals surface area contributed by atoms with E-state index in [4.69, 9.17) is 34.8 Å². The first kappa shape index (κ1) is 13.2. The monoisotopic (exact) mass is 285 g/mol. The van der Waals surface area contributed by atoms with Crippen LogP contribution >= 0.6 is 34.8 Å². The molecule has 2 nitrogen and oxygen atoms in total. The molecule has 84 valence electrons. The van der Waals surface area contributed by atoms with E-state index in [0.29, 0.717) is 11.3 Å². The summed E-state index contributed by atoms with van der Waals surface area (Å²) >= 11 is 17.3. The molecule has 2 atom stereocenters. The second-order valence-corrected chi connectivity index (χ2v) is 7.07. The minimum absolute atomic E-state index is 0.204. The molecule has 0 amide bonds. The SMILES string of the molecule is CC(c1cccnc1C(Cl)(Cl)Cl)S(C)=O. The average molecular weight is 287 g/mol. The molecule has 2 unspecified atom stereocenters. The number of aromatic nitrogens is 1. The summed E-state index contributed by atoms with van der Waals surface area (Å²) in [5.41, 5.74) is 1.05. The molecule has 15 heavy (non-hydrogen) atoms. The molecular formula is C9H10Cl3NOS. The lowest BCUT2D eigenvalue weighted by Crippen LogP contribution is -2.12. The predicted octanol–water partition coefficient (Wildman–Crippen LogP) is 3.35. The molecule has 0 N–H and O–H groups in total. The smallest absolute Gasteiger partial charge is 0.232 e. The molecule has 0 saturated heterocycles. The maximum absolute atomic E-state index is 11.4. The summed E-state index contributed by atoms with van der Waals surface area (Å²) in [4.78, 5) is 4.02. The van der Waals surface area contributed by atoms with Crippen molar-refractivity contribution in [2.24, 2.45) is 0 Å². The number of halogens is 3. The van der Waals surface area contributed by atoms with Gasteiger partial charge in [-0.25, -0.2) is 0 Å². The zero-order chi connectivity index (χ0) is 11.6. The molecule has 0 aliphatic heterocycles. The second-order valence-electron chi connectivity index (χ2n) is 3.08. The molecule has 0 spiro atoms. The van der Waals surface area contributed by atoms with E-state index in [1.807, 2.05) is 6.92 Å². The van der Waals surface area contributed by atoms with Crippen LogP contribution in [-0.4, -0.2) is 15.4 Å². The van der Waals surface area contributed by atoms with E-state index in [9.17, 15) is 4.21 Å². The fourth-order valence-electron chi connectivity index (χ4n) is 1.16. The Bertz CT molecular complexity index is 378. The molecule has 1 rings (SSSR count). The molecule has 0 aliphatic carbocycles. The van der Waals surface area contributed by atoms with E-state index < -0.39 is 14.6 Å². The van der Waals surface area contributed by atoms with E-state index in [2.05, 4.69) is 4.98 Å². The first-order valence-electron chi connectivity index (χ1n) is 4.18. The molecule has 0 radical (unpaired) electrons. The van der Waals surface area contributed by atoms with E-state index in [1.165, 1.54) is 0 Å². The van der Waals surface area contributed by atoms with Crippen LogP contribution in [0.5, 0.6) is 0 Å². The Kier molecular flexibility index (Phi) is 4.41. The fraction of sp³-hybridized carbons (Fsp3) is 0.444. The quantitative estimate of drug-likeness (QED) is 0.781. The molecule has 0 saturated carbocycles. The van der Waals surface area contributed by atoms with Crippen LogP contribution < -0.4 is 0 Å². The summed E-state index contributed by atoms with van der Waals surface area (Å²) in [7, 11) is -1.02. The van der Waals surface area contributed by atoms with Gasteiger partial charge in [0.05, 0.1) is 10.9 Å². The lowest BCUT2D eigenvalue weighted by atomic mass is 10.1. The maximum atomic E-state index is 11.4. The zero-order valence-corrected chi connectivity index (χ0v) is 11.3. The standard InChI is InChI=1S/C9H10Cl3NOS/c1-6(15(2)14)7-4-3-5-13-8(7)9(10,11)12/h3-6H,1-2H3. The molecule has 1 aromatic heterocycles. The van der Waals surface area contributed by atoms with E-state index in [0.717, 1.165) is 0 Å². The molecular weight excluding hydrogens is 277 g/mol. The van der Waals surface area contributed by atoms with Crippen LogP contribution in [0.15, 0.2) is 18.3 Å².